The molecule has 3 saturated carbocycles. The molecule has 8 rings (SSSR count). The van der Waals surface area contributed by atoms with Crippen LogP contribution < -0.4 is 11.1 Å². The van der Waals surface area contributed by atoms with Gasteiger partial charge >= 0.3 is 33.8 Å². The molecule has 3 aliphatic carbocycles. The van der Waals surface area contributed by atoms with Crippen molar-refractivity contribution in [2.45, 2.75) is 62.9 Å². The highest BCUT2D eigenvalue weighted by atomic mass is 32.2. The molecule has 2 bridgehead atoms. The summed E-state index contributed by atoms with van der Waals surface area (Å²) in [5, 5.41) is 47.9. The Morgan fingerprint density at radius 2 is 1.79 bits per heavy atom. The maximum atomic E-state index is 13.6. The van der Waals surface area contributed by atoms with Crippen LogP contribution in [0, 0.1) is 17.3 Å². The Kier molecular flexibility index (Phi) is 7.77. The number of aliphatic hydroxyl groups is 2. The number of allylic oxidation sites excluding steroid dienone is 1. The van der Waals surface area contributed by atoms with Gasteiger partial charge in [-0.25, -0.2) is 28.0 Å². The summed E-state index contributed by atoms with van der Waals surface area (Å²) in [6, 6.07) is -3.48. The van der Waals surface area contributed by atoms with Crippen LogP contribution in [0.15, 0.2) is 46.2 Å². The van der Waals surface area contributed by atoms with E-state index in [-0.39, 0.29) is 51.7 Å². The molecule has 2 saturated heterocycles. The summed E-state index contributed by atoms with van der Waals surface area (Å²) in [7, 11) is -4.65. The second kappa shape index (κ2) is 11.5. The number of nitrogens with two attached hydrogens (primary N) is 1. The summed E-state index contributed by atoms with van der Waals surface area (Å²) >= 11 is 0.940. The number of nitrogens with one attached hydrogen (secondary N) is 1. The predicted molar refractivity (Wildman–Crippen MR) is 171 cm³/mol. The number of thiazole rings is 1. The average Bonchev–Trinajstić information content (AvgIpc) is 3.82. The summed E-state index contributed by atoms with van der Waals surface area (Å²) in [5.74, 6) is -8.26. The molecule has 52 heavy (non-hydrogen) atoms. The molecule has 0 spiro atoms. The first kappa shape index (κ1) is 35.0. The van der Waals surface area contributed by atoms with Gasteiger partial charge in [0.2, 0.25) is 5.60 Å². The number of anilines is 1. The number of carbonyl (C=O) groups is 5. The molecule has 5 heterocycles. The van der Waals surface area contributed by atoms with Gasteiger partial charge in [0.15, 0.2) is 22.4 Å². The quantitative estimate of drug-likeness (QED) is 0.106. The van der Waals surface area contributed by atoms with Crippen molar-refractivity contribution < 1.29 is 67.2 Å². The molecule has 278 valence electrons. The van der Waals surface area contributed by atoms with Crippen LogP contribution in [0.2, 0.25) is 0 Å². The lowest BCUT2D eigenvalue weighted by atomic mass is 9.46. The lowest BCUT2D eigenvalue weighted by Crippen LogP contribution is -2.60. The minimum Gasteiger partial charge on any atom is -0.504 e. The first-order chi connectivity index (χ1) is 24.3. The van der Waals surface area contributed by atoms with Crippen molar-refractivity contribution in [2.75, 3.05) is 12.3 Å². The first-order valence-corrected chi connectivity index (χ1v) is 17.9. The average molecular weight is 766 g/mol. The van der Waals surface area contributed by atoms with Crippen molar-refractivity contribution >= 4 is 62.1 Å². The fraction of sp³-hybridized carbons (Fsp3) is 0.483. The van der Waals surface area contributed by atoms with E-state index in [1.807, 2.05) is 13.8 Å². The van der Waals surface area contributed by atoms with Gasteiger partial charge in [-0.2, -0.15) is 13.5 Å². The summed E-state index contributed by atoms with van der Waals surface area (Å²) in [6.45, 7) is 3.42. The molecule has 0 aromatic carbocycles. The van der Waals surface area contributed by atoms with Crippen LogP contribution >= 0.6 is 11.3 Å². The Morgan fingerprint density at radius 1 is 1.10 bits per heavy atom. The monoisotopic (exact) mass is 765 g/mol. The number of amides is 2. The molecular formula is C29H31N7O14S2. The number of rotatable bonds is 9. The lowest BCUT2D eigenvalue weighted by molar-refractivity contribution is -0.256. The van der Waals surface area contributed by atoms with E-state index in [1.165, 1.54) is 5.38 Å². The Morgan fingerprint density at radius 3 is 2.38 bits per heavy atom. The van der Waals surface area contributed by atoms with Gasteiger partial charge in [0.25, 0.3) is 11.8 Å². The standard InChI is InChI=1S/C29H31N7O14S2/c1-27(2)12-3-13(27)6-28(5-12,24(42)43)50-33-20(16-11-51-26(30)32-16)21(39)31-15-10-48-36(22(15)40)29(25(44)45)7-17(23(41)49-29)35-8-14-4-18(37)19(38)9-34(14)52(35,46)47/h4,8-9,11-13,15,17,37-38H,3,5-7,10H2,1-2H3,(H2,30,32)(H,31,39)(H,42,43)(H,44,45)/b33-20-/t12?,13?,15-,17?,28?,29?/m0/s1. The molecule has 1 aromatic rings. The van der Waals surface area contributed by atoms with Crippen molar-refractivity contribution in [3.8, 4) is 0 Å². The molecule has 1 aromatic heterocycles. The van der Waals surface area contributed by atoms with Crippen molar-refractivity contribution in [3.63, 3.8) is 0 Å². The number of ether oxygens (including phenoxy) is 1. The molecule has 21 nitrogen and oxygen atoms in total. The van der Waals surface area contributed by atoms with Crippen LogP contribution in [0.4, 0.5) is 5.13 Å². The fourth-order valence-corrected chi connectivity index (χ4v) is 9.36. The van der Waals surface area contributed by atoms with Crippen molar-refractivity contribution in [1.82, 2.24) is 24.0 Å². The molecule has 2 amide bonds. The van der Waals surface area contributed by atoms with E-state index in [4.69, 9.17) is 20.1 Å². The van der Waals surface area contributed by atoms with E-state index >= 15 is 0 Å². The number of hydroxylamine groups is 2. The zero-order valence-electron chi connectivity index (χ0n) is 27.2. The van der Waals surface area contributed by atoms with Gasteiger partial charge in [-0.15, -0.1) is 11.3 Å². The molecule has 7 aliphatic rings. The maximum absolute atomic E-state index is 13.6. The molecule has 5 fully saturated rings. The number of nitrogens with zero attached hydrogens (tertiary/aromatic N) is 5. The van der Waals surface area contributed by atoms with Crippen LogP contribution in [0.3, 0.4) is 0 Å². The number of hydrogen-bond donors (Lipinski definition) is 6. The van der Waals surface area contributed by atoms with Crippen LogP contribution in [-0.2, 0) is 48.6 Å². The third kappa shape index (κ3) is 5.12. The smallest absolute Gasteiger partial charge is 0.372 e. The van der Waals surface area contributed by atoms with Crippen LogP contribution in [0.25, 0.3) is 0 Å². The highest BCUT2D eigenvalue weighted by Gasteiger charge is 2.65. The van der Waals surface area contributed by atoms with Gasteiger partial charge in [0.1, 0.15) is 24.4 Å². The van der Waals surface area contributed by atoms with Crippen LogP contribution in [0.1, 0.15) is 45.2 Å². The third-order valence-electron chi connectivity index (χ3n) is 10.5. The third-order valence-corrected chi connectivity index (χ3v) is 12.9. The number of aliphatic hydroxyl groups excluding tert-OH is 2. The van der Waals surface area contributed by atoms with Gasteiger partial charge in [0.05, 0.1) is 18.3 Å². The number of aliphatic carboxylic acids is 2. The van der Waals surface area contributed by atoms with E-state index in [9.17, 15) is 52.8 Å². The number of hydrogen-bond acceptors (Lipinski definition) is 16. The molecule has 0 radical (unpaired) electrons. The fourth-order valence-electron chi connectivity index (χ4n) is 7.29. The highest BCUT2D eigenvalue weighted by molar-refractivity contribution is 7.87. The number of nitrogen functional groups attached to an aromatic ring is 1. The van der Waals surface area contributed by atoms with Gasteiger partial charge in [0, 0.05) is 30.5 Å². The summed E-state index contributed by atoms with van der Waals surface area (Å²) in [4.78, 5) is 80.5. The highest BCUT2D eigenvalue weighted by Crippen LogP contribution is 2.62. The number of carbonyl (C=O) groups excluding carboxylic acids is 3. The zero-order valence-corrected chi connectivity index (χ0v) is 28.8. The maximum Gasteiger partial charge on any atom is 0.372 e. The summed E-state index contributed by atoms with van der Waals surface area (Å²) in [6.07, 6.45) is 2.57. The van der Waals surface area contributed by atoms with Gasteiger partial charge in [-0.3, -0.25) is 14.4 Å². The molecular weight excluding hydrogens is 734 g/mol. The van der Waals surface area contributed by atoms with E-state index in [0.29, 0.717) is 14.8 Å². The number of cyclic esters (lactones) is 1. The number of aromatic nitrogens is 1. The van der Waals surface area contributed by atoms with E-state index in [2.05, 4.69) is 15.5 Å². The lowest BCUT2D eigenvalue weighted by Gasteiger charge is -2.60. The molecule has 7 N–H and O–H groups in total. The Labute approximate surface area is 297 Å². The second-order valence-electron chi connectivity index (χ2n) is 13.7. The van der Waals surface area contributed by atoms with Gasteiger partial charge in [-0.05, 0) is 23.7 Å². The van der Waals surface area contributed by atoms with Crippen LogP contribution in [-0.4, -0.2) is 113 Å². The van der Waals surface area contributed by atoms with Crippen molar-refractivity contribution in [3.05, 3.63) is 46.8 Å². The Balaban J connectivity index is 1.11. The van der Waals surface area contributed by atoms with E-state index in [0.717, 1.165) is 30.0 Å². The zero-order chi connectivity index (χ0) is 37.7. The van der Waals surface area contributed by atoms with E-state index in [1.54, 1.807) is 0 Å². The molecule has 4 unspecified atom stereocenters. The minimum atomic E-state index is -4.65. The van der Waals surface area contributed by atoms with Crippen molar-refractivity contribution in [1.29, 1.82) is 0 Å². The Bertz CT molecular complexity index is 2040. The largest absolute Gasteiger partial charge is 0.504 e. The number of esters is 1. The van der Waals surface area contributed by atoms with Crippen molar-refractivity contribution in [2.24, 2.45) is 22.4 Å². The number of carboxylic acid groups (broad SMARTS) is 2. The molecule has 4 aliphatic heterocycles. The molecule has 5 atom stereocenters. The Hall–Kier alpha value is -5.42. The van der Waals surface area contributed by atoms with Gasteiger partial charge in [-0.1, -0.05) is 19.0 Å². The second-order valence-corrected chi connectivity index (χ2v) is 16.3. The van der Waals surface area contributed by atoms with E-state index < -0.39 is 93.6 Å². The minimum absolute atomic E-state index is 0.0314. The number of oxime groups is 1. The summed E-state index contributed by atoms with van der Waals surface area (Å²) < 4.78 is 32.6. The normalized spacial score (nSPS) is 33.0. The first-order valence-electron chi connectivity index (χ1n) is 15.6. The number of fused-ring (bicyclic) bond motifs is 3. The topological polar surface area (TPSA) is 301 Å². The van der Waals surface area contributed by atoms with Gasteiger partial charge < -0.3 is 41.1 Å². The van der Waals surface area contributed by atoms with Crippen LogP contribution in [0.5, 0.6) is 0 Å². The predicted octanol–water partition coefficient (Wildman–Crippen LogP) is -0.361. The summed E-state index contributed by atoms with van der Waals surface area (Å²) in [5.41, 5.74) is 0.180. The number of carboxylic acids is 2. The molecule has 23 heteroatoms. The SMILES string of the molecule is CC1(C)C2CC1CC(O/N=C(\C(=O)N[C@H]1CON(C3(C(=O)O)CC(N4C=C5C=C(O)C(O)=CN5S4(=O)=O)C(=O)O3)C1=O)c1csc(N)n1)(C(=O)O)C2.